The Morgan fingerprint density at radius 1 is 1.14 bits per heavy atom. The molecule has 2 aromatic heterocycles. The summed E-state index contributed by atoms with van der Waals surface area (Å²) in [6.45, 7) is 7.65. The Hall–Kier alpha value is -2.67. The van der Waals surface area contributed by atoms with Crippen LogP contribution in [0.25, 0.3) is 10.9 Å². The van der Waals surface area contributed by atoms with Gasteiger partial charge in [0.05, 0.1) is 23.4 Å². The maximum absolute atomic E-state index is 12.7. The number of anilines is 1. The van der Waals surface area contributed by atoms with Gasteiger partial charge in [-0.05, 0) is 37.0 Å². The van der Waals surface area contributed by atoms with E-state index in [9.17, 15) is 4.79 Å². The second-order valence-corrected chi connectivity index (χ2v) is 8.27. The minimum atomic E-state index is 0.0842. The van der Waals surface area contributed by atoms with Gasteiger partial charge in [-0.1, -0.05) is 0 Å². The van der Waals surface area contributed by atoms with Crippen LogP contribution < -0.4 is 10.5 Å². The van der Waals surface area contributed by atoms with Crippen molar-refractivity contribution < 1.29 is 4.42 Å². The first-order valence-electron chi connectivity index (χ1n) is 10.5. The molecular formula is C22H27N5O2. The Morgan fingerprint density at radius 2 is 1.97 bits per heavy atom. The number of fused-ring (bicyclic) bond motifs is 1. The Morgan fingerprint density at radius 3 is 2.69 bits per heavy atom. The lowest BCUT2D eigenvalue weighted by molar-refractivity contribution is 0.255. The molecule has 0 spiro atoms. The molecule has 0 amide bonds. The van der Waals surface area contributed by atoms with Crippen LogP contribution in [0.1, 0.15) is 24.5 Å². The first-order chi connectivity index (χ1) is 14.2. The molecule has 0 N–H and O–H groups in total. The van der Waals surface area contributed by atoms with Gasteiger partial charge in [0.15, 0.2) is 5.89 Å². The average Bonchev–Trinajstić information content (AvgIpc) is 3.47. The van der Waals surface area contributed by atoms with Crippen molar-refractivity contribution in [1.29, 1.82) is 0 Å². The van der Waals surface area contributed by atoms with Crippen LogP contribution in [-0.4, -0.2) is 52.2 Å². The van der Waals surface area contributed by atoms with Crippen molar-refractivity contribution in [2.45, 2.75) is 32.7 Å². The van der Waals surface area contributed by atoms with Gasteiger partial charge in [0, 0.05) is 58.3 Å². The van der Waals surface area contributed by atoms with E-state index in [1.54, 1.807) is 10.9 Å². The molecule has 2 aliphatic rings. The highest BCUT2D eigenvalue weighted by Gasteiger charge is 2.23. The zero-order valence-electron chi connectivity index (χ0n) is 16.9. The van der Waals surface area contributed by atoms with E-state index in [0.29, 0.717) is 5.92 Å². The zero-order chi connectivity index (χ0) is 19.8. The zero-order valence-corrected chi connectivity index (χ0v) is 16.9. The van der Waals surface area contributed by atoms with E-state index in [1.807, 2.05) is 19.2 Å². The summed E-state index contributed by atoms with van der Waals surface area (Å²) in [5.41, 5.74) is 2.03. The first kappa shape index (κ1) is 18.4. The molecule has 152 valence electrons. The van der Waals surface area contributed by atoms with Crippen LogP contribution in [0.5, 0.6) is 0 Å². The van der Waals surface area contributed by atoms with E-state index in [-0.39, 0.29) is 5.56 Å². The number of aromatic nitrogens is 3. The lowest BCUT2D eigenvalue weighted by Gasteiger charge is -2.36. The Balaban J connectivity index is 1.22. The number of rotatable bonds is 6. The molecule has 29 heavy (non-hydrogen) atoms. The molecule has 1 aliphatic heterocycles. The van der Waals surface area contributed by atoms with Crippen molar-refractivity contribution in [1.82, 2.24) is 19.4 Å². The molecule has 0 atom stereocenters. The molecule has 1 saturated carbocycles. The van der Waals surface area contributed by atoms with Crippen molar-refractivity contribution in [3.63, 3.8) is 0 Å². The van der Waals surface area contributed by atoms with Crippen molar-refractivity contribution in [2.24, 2.45) is 5.92 Å². The number of oxazole rings is 1. The number of hydrogen-bond acceptors (Lipinski definition) is 6. The summed E-state index contributed by atoms with van der Waals surface area (Å²) in [5.74, 6) is 2.35. The van der Waals surface area contributed by atoms with E-state index in [2.05, 4.69) is 31.9 Å². The second kappa shape index (κ2) is 7.63. The number of aryl methyl sites for hydroxylation is 1. The number of benzene rings is 1. The van der Waals surface area contributed by atoms with E-state index in [0.717, 1.165) is 73.9 Å². The van der Waals surface area contributed by atoms with Gasteiger partial charge in [0.1, 0.15) is 5.76 Å². The van der Waals surface area contributed by atoms with Gasteiger partial charge in [-0.15, -0.1) is 0 Å². The maximum atomic E-state index is 12.7. The van der Waals surface area contributed by atoms with Crippen LogP contribution in [0.2, 0.25) is 0 Å². The minimum absolute atomic E-state index is 0.0842. The first-order valence-corrected chi connectivity index (χ1v) is 10.5. The summed E-state index contributed by atoms with van der Waals surface area (Å²) in [7, 11) is 0. The molecule has 1 aliphatic carbocycles. The molecule has 3 aromatic rings. The molecule has 7 nitrogen and oxygen atoms in total. The fourth-order valence-corrected chi connectivity index (χ4v) is 4.07. The summed E-state index contributed by atoms with van der Waals surface area (Å²) < 4.78 is 7.34. The van der Waals surface area contributed by atoms with Gasteiger partial charge in [-0.3, -0.25) is 14.3 Å². The summed E-state index contributed by atoms with van der Waals surface area (Å²) in [6.07, 6.45) is 6.90. The van der Waals surface area contributed by atoms with Crippen LogP contribution in [0.3, 0.4) is 0 Å². The average molecular weight is 393 g/mol. The van der Waals surface area contributed by atoms with Crippen LogP contribution >= 0.6 is 0 Å². The van der Waals surface area contributed by atoms with Crippen LogP contribution in [0, 0.1) is 12.8 Å². The maximum Gasteiger partial charge on any atom is 0.261 e. The second-order valence-electron chi connectivity index (χ2n) is 8.27. The van der Waals surface area contributed by atoms with E-state index in [1.165, 1.54) is 12.8 Å². The van der Waals surface area contributed by atoms with Crippen molar-refractivity contribution in [3.05, 3.63) is 52.7 Å². The van der Waals surface area contributed by atoms with Gasteiger partial charge >= 0.3 is 0 Å². The van der Waals surface area contributed by atoms with E-state index < -0.39 is 0 Å². The highest BCUT2D eigenvalue weighted by molar-refractivity contribution is 5.81. The fraction of sp³-hybridized carbons (Fsp3) is 0.500. The Bertz CT molecular complexity index is 1060. The largest absolute Gasteiger partial charge is 0.446 e. The third kappa shape index (κ3) is 4.05. The topological polar surface area (TPSA) is 67.4 Å². The predicted octanol–water partition coefficient (Wildman–Crippen LogP) is 2.47. The van der Waals surface area contributed by atoms with Crippen LogP contribution in [0.4, 0.5) is 5.69 Å². The third-order valence-corrected chi connectivity index (χ3v) is 6.04. The molecule has 2 fully saturated rings. The molecule has 3 heterocycles. The molecule has 7 heteroatoms. The van der Waals surface area contributed by atoms with Crippen LogP contribution in [0.15, 0.2) is 39.9 Å². The van der Waals surface area contributed by atoms with Crippen molar-refractivity contribution >= 4 is 16.6 Å². The normalized spacial score (nSPS) is 17.9. The monoisotopic (exact) mass is 393 g/mol. The van der Waals surface area contributed by atoms with Crippen LogP contribution in [-0.2, 0) is 13.0 Å². The van der Waals surface area contributed by atoms with Gasteiger partial charge < -0.3 is 9.32 Å². The van der Waals surface area contributed by atoms with E-state index in [4.69, 9.17) is 4.42 Å². The quantitative estimate of drug-likeness (QED) is 0.641. The standard InChI is InChI=1S/C22H27N5O2/c1-16-23-13-19(29-16)6-7-25-8-10-26(11-9-25)18-4-5-20-21(12-18)24-15-27(22(20)28)14-17-2-3-17/h4-5,12-13,15,17H,2-3,6-11,14H2,1H3. The van der Waals surface area contributed by atoms with Crippen molar-refractivity contribution in [2.75, 3.05) is 37.6 Å². The highest BCUT2D eigenvalue weighted by atomic mass is 16.4. The minimum Gasteiger partial charge on any atom is -0.446 e. The molecule has 1 aromatic carbocycles. The summed E-state index contributed by atoms with van der Waals surface area (Å²) in [6, 6.07) is 6.08. The summed E-state index contributed by atoms with van der Waals surface area (Å²) >= 11 is 0. The lowest BCUT2D eigenvalue weighted by Crippen LogP contribution is -2.47. The third-order valence-electron chi connectivity index (χ3n) is 6.04. The number of hydrogen-bond donors (Lipinski definition) is 0. The summed E-state index contributed by atoms with van der Waals surface area (Å²) in [5, 5.41) is 0.720. The molecule has 0 unspecified atom stereocenters. The van der Waals surface area contributed by atoms with Gasteiger partial charge in [-0.25, -0.2) is 9.97 Å². The highest BCUT2D eigenvalue weighted by Crippen LogP contribution is 2.30. The predicted molar refractivity (Wildman–Crippen MR) is 112 cm³/mol. The Kier molecular flexibility index (Phi) is 4.83. The smallest absolute Gasteiger partial charge is 0.261 e. The van der Waals surface area contributed by atoms with E-state index >= 15 is 0 Å². The number of nitrogens with zero attached hydrogens (tertiary/aromatic N) is 5. The molecular weight excluding hydrogens is 366 g/mol. The molecule has 1 saturated heterocycles. The summed E-state index contributed by atoms with van der Waals surface area (Å²) in [4.78, 5) is 26.3. The van der Waals surface area contributed by atoms with Gasteiger partial charge in [-0.2, -0.15) is 0 Å². The van der Waals surface area contributed by atoms with Crippen molar-refractivity contribution in [3.8, 4) is 0 Å². The SMILES string of the molecule is Cc1ncc(CCN2CCN(c3ccc4c(=O)n(CC5CC5)cnc4c3)CC2)o1. The molecule has 0 radical (unpaired) electrons. The fourth-order valence-electron chi connectivity index (χ4n) is 4.07. The van der Waals surface area contributed by atoms with Gasteiger partial charge in [0.25, 0.3) is 5.56 Å². The molecule has 0 bridgehead atoms. The number of piperazine rings is 1. The van der Waals surface area contributed by atoms with Gasteiger partial charge in [0.2, 0.25) is 0 Å². The lowest BCUT2D eigenvalue weighted by atomic mass is 10.2. The molecule has 5 rings (SSSR count). The Labute approximate surface area is 170 Å².